The van der Waals surface area contributed by atoms with Crippen LogP contribution >= 0.6 is 12.2 Å². The minimum Gasteiger partial charge on any atom is -0.389 e. The molecule has 4 nitrogen and oxygen atoms in total. The van der Waals surface area contributed by atoms with Crippen LogP contribution in [0.4, 0.5) is 5.69 Å². The number of carbonyl (C=O) groups is 1. The highest BCUT2D eigenvalue weighted by atomic mass is 32.1. The molecular weight excluding hydrogens is 234 g/mol. The van der Waals surface area contributed by atoms with Crippen molar-refractivity contribution in [3.05, 3.63) is 29.3 Å². The quantitative estimate of drug-likeness (QED) is 0.526. The highest BCUT2D eigenvalue weighted by Crippen LogP contribution is 2.17. The zero-order valence-corrected chi connectivity index (χ0v) is 10.6. The van der Waals surface area contributed by atoms with Gasteiger partial charge in [-0.25, -0.2) is 0 Å². The van der Waals surface area contributed by atoms with Crippen LogP contribution in [-0.2, 0) is 4.79 Å². The number of aryl methyl sites for hydroxylation is 1. The Kier molecular flexibility index (Phi) is 4.90. The van der Waals surface area contributed by atoms with Crippen molar-refractivity contribution in [3.63, 3.8) is 0 Å². The van der Waals surface area contributed by atoms with Crippen LogP contribution in [-0.4, -0.2) is 17.4 Å². The first-order chi connectivity index (χ1) is 8.00. The van der Waals surface area contributed by atoms with E-state index < -0.39 is 0 Å². The monoisotopic (exact) mass is 251 g/mol. The molecule has 0 atom stereocenters. The zero-order chi connectivity index (χ0) is 12.8. The van der Waals surface area contributed by atoms with E-state index in [4.69, 9.17) is 23.7 Å². The summed E-state index contributed by atoms with van der Waals surface area (Å²) in [5.41, 5.74) is 13.6. The van der Waals surface area contributed by atoms with Gasteiger partial charge in [0.15, 0.2) is 0 Å². The molecule has 0 saturated heterocycles. The number of anilines is 1. The van der Waals surface area contributed by atoms with E-state index >= 15 is 0 Å². The lowest BCUT2D eigenvalue weighted by Crippen LogP contribution is -2.16. The molecule has 17 heavy (non-hydrogen) atoms. The van der Waals surface area contributed by atoms with Crippen LogP contribution in [0, 0.1) is 6.92 Å². The summed E-state index contributed by atoms with van der Waals surface area (Å²) in [4.78, 5) is 11.0. The summed E-state index contributed by atoms with van der Waals surface area (Å²) in [7, 11) is 0. The maximum absolute atomic E-state index is 10.6. The van der Waals surface area contributed by atoms with Crippen LogP contribution in [0.5, 0.6) is 0 Å². The number of carbonyl (C=O) groups excluding carboxylic acids is 1. The normalized spacial score (nSPS) is 9.94. The van der Waals surface area contributed by atoms with E-state index in [9.17, 15) is 4.79 Å². The minimum absolute atomic E-state index is 0.287. The molecule has 0 saturated carbocycles. The van der Waals surface area contributed by atoms with E-state index in [0.717, 1.165) is 16.8 Å². The Morgan fingerprint density at radius 3 is 2.71 bits per heavy atom. The molecule has 1 aromatic carbocycles. The first-order valence-electron chi connectivity index (χ1n) is 5.43. The summed E-state index contributed by atoms with van der Waals surface area (Å²) in [5, 5.41) is 3.20. The Balaban J connectivity index is 2.64. The largest absolute Gasteiger partial charge is 0.389 e. The van der Waals surface area contributed by atoms with E-state index in [-0.39, 0.29) is 5.91 Å². The predicted octanol–water partition coefficient (Wildman–Crippen LogP) is 1.31. The van der Waals surface area contributed by atoms with Crippen molar-refractivity contribution in [1.82, 2.24) is 0 Å². The summed E-state index contributed by atoms with van der Waals surface area (Å²) < 4.78 is 0. The van der Waals surface area contributed by atoms with Gasteiger partial charge in [0.2, 0.25) is 5.91 Å². The Labute approximate surface area is 106 Å². The van der Waals surface area contributed by atoms with Crippen molar-refractivity contribution in [3.8, 4) is 0 Å². The minimum atomic E-state index is -0.287. The second-order valence-electron chi connectivity index (χ2n) is 3.91. The molecule has 1 amide bonds. The highest BCUT2D eigenvalue weighted by molar-refractivity contribution is 7.80. The smallest absolute Gasteiger partial charge is 0.217 e. The lowest BCUT2D eigenvalue weighted by atomic mass is 10.1. The molecule has 0 unspecified atom stereocenters. The van der Waals surface area contributed by atoms with Crippen molar-refractivity contribution in [2.75, 3.05) is 11.9 Å². The molecule has 1 aromatic rings. The Bertz CT molecular complexity index is 432. The number of benzene rings is 1. The molecule has 0 spiro atoms. The molecule has 0 radical (unpaired) electrons. The highest BCUT2D eigenvalue weighted by Gasteiger charge is 2.05. The number of thiocarbonyl (C=S) groups is 1. The lowest BCUT2D eigenvalue weighted by Gasteiger charge is -2.11. The van der Waals surface area contributed by atoms with Gasteiger partial charge in [0.05, 0.1) is 0 Å². The number of primary amides is 1. The van der Waals surface area contributed by atoms with Gasteiger partial charge >= 0.3 is 0 Å². The number of hydrogen-bond donors (Lipinski definition) is 3. The third-order valence-corrected chi connectivity index (χ3v) is 2.58. The number of amides is 1. The van der Waals surface area contributed by atoms with Crippen LogP contribution in [0.25, 0.3) is 0 Å². The van der Waals surface area contributed by atoms with Gasteiger partial charge in [-0.2, -0.15) is 0 Å². The summed E-state index contributed by atoms with van der Waals surface area (Å²) in [6, 6.07) is 5.87. The SMILES string of the molecule is Cc1ccc(NCCCC(N)=O)c(C(N)=S)c1. The van der Waals surface area contributed by atoms with Gasteiger partial charge in [-0.05, 0) is 25.5 Å². The maximum Gasteiger partial charge on any atom is 0.217 e. The maximum atomic E-state index is 10.6. The average Bonchev–Trinajstić information content (AvgIpc) is 2.25. The van der Waals surface area contributed by atoms with Gasteiger partial charge < -0.3 is 16.8 Å². The number of rotatable bonds is 6. The lowest BCUT2D eigenvalue weighted by molar-refractivity contribution is -0.118. The Morgan fingerprint density at radius 2 is 2.12 bits per heavy atom. The van der Waals surface area contributed by atoms with Crippen LogP contribution < -0.4 is 16.8 Å². The number of hydrogen-bond acceptors (Lipinski definition) is 3. The summed E-state index contributed by atoms with van der Waals surface area (Å²) in [6.07, 6.45) is 1.07. The fourth-order valence-electron chi connectivity index (χ4n) is 1.50. The van der Waals surface area contributed by atoms with Crippen molar-refractivity contribution in [2.24, 2.45) is 11.5 Å². The first kappa shape index (κ1) is 13.4. The molecular formula is C12H17N3OS. The van der Waals surface area contributed by atoms with Gasteiger partial charge in [0, 0.05) is 24.2 Å². The van der Waals surface area contributed by atoms with E-state index in [0.29, 0.717) is 24.4 Å². The molecule has 92 valence electrons. The second kappa shape index (κ2) is 6.20. The van der Waals surface area contributed by atoms with Crippen molar-refractivity contribution >= 4 is 28.8 Å². The predicted molar refractivity (Wildman–Crippen MR) is 74.0 cm³/mol. The fourth-order valence-corrected chi connectivity index (χ4v) is 1.67. The molecule has 0 fully saturated rings. The third-order valence-electron chi connectivity index (χ3n) is 2.36. The van der Waals surface area contributed by atoms with Gasteiger partial charge in [0.1, 0.15) is 4.99 Å². The number of nitrogens with one attached hydrogen (secondary N) is 1. The van der Waals surface area contributed by atoms with Gasteiger partial charge in [-0.3, -0.25) is 4.79 Å². The standard InChI is InChI=1S/C12H17N3OS/c1-8-4-5-10(9(7-8)12(14)17)15-6-2-3-11(13)16/h4-5,7,15H,2-3,6H2,1H3,(H2,13,16)(H2,14,17). The molecule has 0 aliphatic rings. The van der Waals surface area contributed by atoms with Crippen molar-refractivity contribution in [1.29, 1.82) is 0 Å². The molecule has 0 aromatic heterocycles. The number of nitrogens with two attached hydrogens (primary N) is 2. The van der Waals surface area contributed by atoms with E-state index in [2.05, 4.69) is 5.32 Å². The van der Waals surface area contributed by atoms with Gasteiger partial charge in [-0.1, -0.05) is 23.8 Å². The van der Waals surface area contributed by atoms with Crippen LogP contribution in [0.3, 0.4) is 0 Å². The first-order valence-corrected chi connectivity index (χ1v) is 5.84. The van der Waals surface area contributed by atoms with Crippen LogP contribution in [0.1, 0.15) is 24.0 Å². The van der Waals surface area contributed by atoms with Crippen LogP contribution in [0.2, 0.25) is 0 Å². The molecule has 0 heterocycles. The summed E-state index contributed by atoms with van der Waals surface area (Å²) in [5.74, 6) is -0.287. The molecule has 1 rings (SSSR count). The molecule has 5 N–H and O–H groups in total. The van der Waals surface area contributed by atoms with Crippen molar-refractivity contribution in [2.45, 2.75) is 19.8 Å². The van der Waals surface area contributed by atoms with Crippen LogP contribution in [0.15, 0.2) is 18.2 Å². The summed E-state index contributed by atoms with van der Waals surface area (Å²) >= 11 is 4.99. The molecule has 0 aliphatic carbocycles. The zero-order valence-electron chi connectivity index (χ0n) is 9.82. The average molecular weight is 251 g/mol. The fraction of sp³-hybridized carbons (Fsp3) is 0.333. The van der Waals surface area contributed by atoms with E-state index in [1.165, 1.54) is 0 Å². The Morgan fingerprint density at radius 1 is 1.41 bits per heavy atom. The van der Waals surface area contributed by atoms with E-state index in [1.54, 1.807) is 0 Å². The Hall–Kier alpha value is -1.62. The topological polar surface area (TPSA) is 81.1 Å². The molecule has 0 bridgehead atoms. The van der Waals surface area contributed by atoms with Gasteiger partial charge in [-0.15, -0.1) is 0 Å². The third kappa shape index (κ3) is 4.40. The second-order valence-corrected chi connectivity index (χ2v) is 4.35. The van der Waals surface area contributed by atoms with E-state index in [1.807, 2.05) is 25.1 Å². The molecule has 0 aliphatic heterocycles. The van der Waals surface area contributed by atoms with Gasteiger partial charge in [0.25, 0.3) is 0 Å². The van der Waals surface area contributed by atoms with Crippen molar-refractivity contribution < 1.29 is 4.79 Å². The summed E-state index contributed by atoms with van der Waals surface area (Å²) in [6.45, 7) is 2.65. The molecule has 5 heteroatoms.